The lowest BCUT2D eigenvalue weighted by atomic mass is 10.1. The molecular formula is C26H21F4N3O2. The smallest absolute Gasteiger partial charge is 0.255 e. The van der Waals surface area contributed by atoms with E-state index in [4.69, 9.17) is 4.74 Å². The van der Waals surface area contributed by atoms with E-state index in [9.17, 15) is 22.4 Å². The molecule has 3 aromatic carbocycles. The number of ether oxygens (including phenoxy) is 1. The summed E-state index contributed by atoms with van der Waals surface area (Å²) in [6.07, 6.45) is 3.54. The molecule has 0 unspecified atom stereocenters. The zero-order chi connectivity index (χ0) is 24.9. The van der Waals surface area contributed by atoms with E-state index in [0.29, 0.717) is 5.56 Å². The molecule has 9 heteroatoms. The minimum atomic E-state index is -1.76. The second-order valence-corrected chi connectivity index (χ2v) is 7.81. The maximum Gasteiger partial charge on any atom is 0.255 e. The van der Waals surface area contributed by atoms with Gasteiger partial charge in [0.25, 0.3) is 5.91 Å². The quantitative estimate of drug-likeness (QED) is 0.193. The number of hydrogen-bond acceptors (Lipinski definition) is 3. The minimum Gasteiger partial charge on any atom is -0.489 e. The number of carbonyl (C=O) groups excluding carboxylic acids is 1. The maximum absolute atomic E-state index is 13.9. The van der Waals surface area contributed by atoms with Gasteiger partial charge in [0.05, 0.1) is 18.4 Å². The van der Waals surface area contributed by atoms with E-state index < -0.39 is 41.3 Å². The van der Waals surface area contributed by atoms with Gasteiger partial charge in [-0.3, -0.25) is 9.48 Å². The lowest BCUT2D eigenvalue weighted by Crippen LogP contribution is -2.12. The van der Waals surface area contributed by atoms with Crippen LogP contribution in [0.15, 0.2) is 67.0 Å². The van der Waals surface area contributed by atoms with Gasteiger partial charge in [-0.25, -0.2) is 17.6 Å². The van der Waals surface area contributed by atoms with Crippen LogP contribution in [0, 0.1) is 23.3 Å². The molecule has 5 nitrogen and oxygen atoms in total. The summed E-state index contributed by atoms with van der Waals surface area (Å²) in [5.74, 6) is -5.93. The van der Waals surface area contributed by atoms with Crippen LogP contribution in [0.25, 0.3) is 0 Å². The Kier molecular flexibility index (Phi) is 7.14. The van der Waals surface area contributed by atoms with Crippen LogP contribution in [0.4, 0.5) is 23.2 Å². The molecule has 0 fully saturated rings. The van der Waals surface area contributed by atoms with Crippen LogP contribution in [0.5, 0.6) is 5.75 Å². The number of benzene rings is 3. The number of halogens is 4. The van der Waals surface area contributed by atoms with Crippen molar-refractivity contribution in [1.82, 2.24) is 9.78 Å². The van der Waals surface area contributed by atoms with E-state index in [1.807, 2.05) is 30.3 Å². The Morgan fingerprint density at radius 3 is 2.49 bits per heavy atom. The zero-order valence-corrected chi connectivity index (χ0v) is 18.7. The van der Waals surface area contributed by atoms with Crippen molar-refractivity contribution in [3.63, 3.8) is 0 Å². The summed E-state index contributed by atoms with van der Waals surface area (Å²) >= 11 is 0. The van der Waals surface area contributed by atoms with Gasteiger partial charge < -0.3 is 10.1 Å². The topological polar surface area (TPSA) is 56.1 Å². The highest BCUT2D eigenvalue weighted by Crippen LogP contribution is 2.21. The van der Waals surface area contributed by atoms with Crippen LogP contribution < -0.4 is 10.1 Å². The zero-order valence-electron chi connectivity index (χ0n) is 18.7. The van der Waals surface area contributed by atoms with Crippen molar-refractivity contribution in [1.29, 1.82) is 0 Å². The van der Waals surface area contributed by atoms with Crippen molar-refractivity contribution < 1.29 is 27.1 Å². The number of amides is 1. The van der Waals surface area contributed by atoms with E-state index in [1.54, 1.807) is 18.2 Å². The van der Waals surface area contributed by atoms with Gasteiger partial charge in [-0.05, 0) is 41.8 Å². The summed E-state index contributed by atoms with van der Waals surface area (Å²) in [5.41, 5.74) is 1.95. The third kappa shape index (κ3) is 5.68. The summed E-state index contributed by atoms with van der Waals surface area (Å²) in [4.78, 5) is 12.7. The highest BCUT2D eigenvalue weighted by Gasteiger charge is 2.19. The van der Waals surface area contributed by atoms with Crippen molar-refractivity contribution in [3.8, 4) is 5.75 Å². The van der Waals surface area contributed by atoms with Crippen LogP contribution in [0.2, 0.25) is 0 Å². The number of anilines is 1. The van der Waals surface area contributed by atoms with Crippen LogP contribution in [-0.2, 0) is 19.6 Å². The van der Waals surface area contributed by atoms with Gasteiger partial charge in [-0.15, -0.1) is 0 Å². The molecule has 0 aliphatic heterocycles. The van der Waals surface area contributed by atoms with Crippen LogP contribution in [0.3, 0.4) is 0 Å². The molecule has 0 spiro atoms. The Morgan fingerprint density at radius 1 is 0.971 bits per heavy atom. The Bertz CT molecular complexity index is 1350. The van der Waals surface area contributed by atoms with E-state index in [2.05, 4.69) is 17.3 Å². The third-order valence-electron chi connectivity index (χ3n) is 5.35. The second-order valence-electron chi connectivity index (χ2n) is 7.81. The van der Waals surface area contributed by atoms with E-state index >= 15 is 0 Å². The largest absolute Gasteiger partial charge is 0.489 e. The molecule has 4 rings (SSSR count). The Balaban J connectivity index is 1.39. The molecule has 1 heterocycles. The molecule has 0 aliphatic rings. The van der Waals surface area contributed by atoms with Crippen molar-refractivity contribution >= 4 is 11.6 Å². The number of aromatic nitrogens is 2. The van der Waals surface area contributed by atoms with E-state index in [0.717, 1.165) is 22.4 Å². The normalized spacial score (nSPS) is 10.9. The summed E-state index contributed by atoms with van der Waals surface area (Å²) < 4.78 is 61.3. The second kappa shape index (κ2) is 10.4. The molecule has 1 aromatic heterocycles. The predicted octanol–water partition coefficient (Wildman–Crippen LogP) is 5.88. The average molecular weight is 483 g/mol. The van der Waals surface area contributed by atoms with Gasteiger partial charge in [0.1, 0.15) is 18.2 Å². The van der Waals surface area contributed by atoms with E-state index in [-0.39, 0.29) is 18.4 Å². The predicted molar refractivity (Wildman–Crippen MR) is 122 cm³/mol. The molecule has 0 saturated carbocycles. The fourth-order valence-electron chi connectivity index (χ4n) is 3.42. The van der Waals surface area contributed by atoms with Crippen molar-refractivity contribution in [2.24, 2.45) is 0 Å². The van der Waals surface area contributed by atoms with Crippen LogP contribution >= 0.6 is 0 Å². The number of nitrogens with zero attached hydrogens (tertiary/aromatic N) is 2. The fraction of sp³-hybridized carbons (Fsp3) is 0.154. The highest BCUT2D eigenvalue weighted by atomic mass is 19.2. The molecule has 0 radical (unpaired) electrons. The molecule has 0 aliphatic carbocycles. The van der Waals surface area contributed by atoms with Gasteiger partial charge >= 0.3 is 0 Å². The standard InChI is InChI=1S/C26H21F4N3O2/c1-2-16-6-8-20(9-7-16)35-15-17-4-3-5-18(10-17)26(34)32-19-12-31-33(13-19)14-21-22(27)11-23(28)25(30)24(21)29/h3-13H,2,14-15H2,1H3,(H,32,34). The van der Waals surface area contributed by atoms with Crippen LogP contribution in [-0.4, -0.2) is 15.7 Å². The monoisotopic (exact) mass is 483 g/mol. The van der Waals surface area contributed by atoms with Gasteiger partial charge in [-0.1, -0.05) is 31.2 Å². The highest BCUT2D eigenvalue weighted by molar-refractivity contribution is 6.04. The first-order valence-electron chi connectivity index (χ1n) is 10.8. The van der Waals surface area contributed by atoms with Crippen molar-refractivity contribution in [2.45, 2.75) is 26.5 Å². The van der Waals surface area contributed by atoms with Crippen molar-refractivity contribution in [2.75, 3.05) is 5.32 Å². The molecule has 0 atom stereocenters. The third-order valence-corrected chi connectivity index (χ3v) is 5.35. The number of nitrogens with one attached hydrogen (secondary N) is 1. The summed E-state index contributed by atoms with van der Waals surface area (Å²) in [6, 6.07) is 14.9. The minimum absolute atomic E-state index is 0.260. The molecular weight excluding hydrogens is 462 g/mol. The lowest BCUT2D eigenvalue weighted by Gasteiger charge is -2.09. The Morgan fingerprint density at radius 2 is 1.74 bits per heavy atom. The molecule has 180 valence electrons. The van der Waals surface area contributed by atoms with Gasteiger partial charge in [0.2, 0.25) is 0 Å². The Labute approximate surface area is 199 Å². The van der Waals surface area contributed by atoms with Crippen molar-refractivity contribution in [3.05, 3.63) is 113 Å². The molecule has 1 amide bonds. The number of hydrogen-bond donors (Lipinski definition) is 1. The van der Waals surface area contributed by atoms with E-state index in [1.165, 1.54) is 18.0 Å². The van der Waals surface area contributed by atoms with Gasteiger partial charge in [0.15, 0.2) is 17.5 Å². The summed E-state index contributed by atoms with van der Waals surface area (Å²) in [5, 5.41) is 6.56. The SMILES string of the molecule is CCc1ccc(OCc2cccc(C(=O)Nc3cnn(Cc4c(F)cc(F)c(F)c4F)c3)c2)cc1. The molecule has 1 N–H and O–H groups in total. The van der Waals surface area contributed by atoms with Gasteiger partial charge in [-0.2, -0.15) is 5.10 Å². The lowest BCUT2D eigenvalue weighted by molar-refractivity contribution is 0.102. The Hall–Kier alpha value is -4.14. The maximum atomic E-state index is 13.9. The molecule has 35 heavy (non-hydrogen) atoms. The molecule has 0 bridgehead atoms. The first-order chi connectivity index (χ1) is 16.8. The average Bonchev–Trinajstić information content (AvgIpc) is 3.31. The molecule has 0 saturated heterocycles. The van der Waals surface area contributed by atoms with Gasteiger partial charge in [0, 0.05) is 23.4 Å². The molecule has 4 aromatic rings. The van der Waals surface area contributed by atoms with Crippen LogP contribution in [0.1, 0.15) is 34.0 Å². The number of carbonyl (C=O) groups is 1. The number of aryl methyl sites for hydroxylation is 1. The first-order valence-corrected chi connectivity index (χ1v) is 10.8. The number of rotatable bonds is 8. The summed E-state index contributed by atoms with van der Waals surface area (Å²) in [6.45, 7) is 1.86. The summed E-state index contributed by atoms with van der Waals surface area (Å²) in [7, 11) is 0. The fourth-order valence-corrected chi connectivity index (χ4v) is 3.42. The first kappa shape index (κ1) is 24.0.